The highest BCUT2D eigenvalue weighted by atomic mass is 16.5. The summed E-state index contributed by atoms with van der Waals surface area (Å²) in [5.41, 5.74) is 5.21. The van der Waals surface area contributed by atoms with E-state index in [0.29, 0.717) is 12.3 Å². The highest BCUT2D eigenvalue weighted by Crippen LogP contribution is 2.31. The zero-order chi connectivity index (χ0) is 13.8. The molecule has 1 aromatic carbocycles. The fourth-order valence-electron chi connectivity index (χ4n) is 1.98. The van der Waals surface area contributed by atoms with Crippen molar-refractivity contribution in [3.63, 3.8) is 0 Å². The molecule has 0 bridgehead atoms. The first-order chi connectivity index (χ1) is 9.15. The number of hydrogen-bond acceptors (Lipinski definition) is 3. The van der Waals surface area contributed by atoms with E-state index in [2.05, 4.69) is 37.0 Å². The Morgan fingerprint density at radius 3 is 2.58 bits per heavy atom. The molecular weight excluding hydrogens is 238 g/mol. The lowest BCUT2D eigenvalue weighted by atomic mass is 10.00. The molecule has 3 heteroatoms. The Labute approximate surface area is 113 Å². The number of aromatic nitrogens is 1. The minimum absolute atomic E-state index is 0.0652. The third-order valence-electron chi connectivity index (χ3n) is 3.20. The molecule has 0 amide bonds. The predicted octanol–water partition coefficient (Wildman–Crippen LogP) is 3.26. The largest absolute Gasteiger partial charge is 0.492 e. The van der Waals surface area contributed by atoms with E-state index < -0.39 is 0 Å². The monoisotopic (exact) mass is 257 g/mol. The maximum atomic E-state index is 9.23. The first-order valence-electron chi connectivity index (χ1n) is 6.46. The standard InChI is InChI=1S/C16H19NO2/c1-4-19-16-9-17-14(10-18)8-15(16)13-6-5-11(2)12(3)7-13/h5-9,18H,4,10H2,1-3H3. The summed E-state index contributed by atoms with van der Waals surface area (Å²) in [6.07, 6.45) is 1.68. The van der Waals surface area contributed by atoms with Crippen LogP contribution in [0.25, 0.3) is 11.1 Å². The molecule has 0 aliphatic carbocycles. The number of nitrogens with zero attached hydrogens (tertiary/aromatic N) is 1. The Bertz CT molecular complexity index is 579. The second-order valence-corrected chi connectivity index (χ2v) is 4.56. The molecule has 0 spiro atoms. The van der Waals surface area contributed by atoms with Crippen LogP contribution in [0.4, 0.5) is 0 Å². The van der Waals surface area contributed by atoms with Gasteiger partial charge in [0, 0.05) is 5.56 Å². The van der Waals surface area contributed by atoms with Crippen molar-refractivity contribution in [2.75, 3.05) is 6.61 Å². The Balaban J connectivity index is 2.53. The summed E-state index contributed by atoms with van der Waals surface area (Å²) in [6, 6.07) is 8.18. The lowest BCUT2D eigenvalue weighted by molar-refractivity contribution is 0.276. The van der Waals surface area contributed by atoms with Crippen molar-refractivity contribution in [3.05, 3.63) is 47.3 Å². The van der Waals surface area contributed by atoms with E-state index in [1.165, 1.54) is 11.1 Å². The lowest BCUT2D eigenvalue weighted by Crippen LogP contribution is -1.98. The lowest BCUT2D eigenvalue weighted by Gasteiger charge is -2.12. The van der Waals surface area contributed by atoms with E-state index in [9.17, 15) is 5.11 Å². The zero-order valence-corrected chi connectivity index (χ0v) is 11.6. The zero-order valence-electron chi connectivity index (χ0n) is 11.6. The molecule has 0 atom stereocenters. The van der Waals surface area contributed by atoms with Crippen LogP contribution in [0.2, 0.25) is 0 Å². The van der Waals surface area contributed by atoms with Crippen molar-refractivity contribution in [3.8, 4) is 16.9 Å². The van der Waals surface area contributed by atoms with Crippen LogP contribution in [-0.2, 0) is 6.61 Å². The fraction of sp³-hybridized carbons (Fsp3) is 0.312. The molecule has 0 unspecified atom stereocenters. The average molecular weight is 257 g/mol. The number of aryl methyl sites for hydroxylation is 2. The van der Waals surface area contributed by atoms with Crippen LogP contribution in [0.5, 0.6) is 5.75 Å². The number of aliphatic hydroxyl groups excluding tert-OH is 1. The molecule has 19 heavy (non-hydrogen) atoms. The molecule has 1 aromatic heterocycles. The number of benzene rings is 1. The fourth-order valence-corrected chi connectivity index (χ4v) is 1.98. The van der Waals surface area contributed by atoms with Crippen LogP contribution in [0.15, 0.2) is 30.5 Å². The average Bonchev–Trinajstić information content (AvgIpc) is 2.43. The first kappa shape index (κ1) is 13.6. The summed E-state index contributed by atoms with van der Waals surface area (Å²) in [6.45, 7) is 6.66. The van der Waals surface area contributed by atoms with Crippen LogP contribution in [-0.4, -0.2) is 16.7 Å². The van der Waals surface area contributed by atoms with Gasteiger partial charge in [0.05, 0.1) is 25.1 Å². The van der Waals surface area contributed by atoms with Crippen LogP contribution < -0.4 is 4.74 Å². The number of rotatable bonds is 4. The molecule has 0 aliphatic heterocycles. The Morgan fingerprint density at radius 2 is 1.95 bits per heavy atom. The molecule has 0 radical (unpaired) electrons. The summed E-state index contributed by atoms with van der Waals surface area (Å²) in [5.74, 6) is 0.753. The van der Waals surface area contributed by atoms with Gasteiger partial charge in [0.15, 0.2) is 0 Å². The Hall–Kier alpha value is -1.87. The first-order valence-corrected chi connectivity index (χ1v) is 6.46. The normalized spacial score (nSPS) is 10.5. The molecule has 1 N–H and O–H groups in total. The maximum Gasteiger partial charge on any atom is 0.145 e. The summed E-state index contributed by atoms with van der Waals surface area (Å²) >= 11 is 0. The Morgan fingerprint density at radius 1 is 1.16 bits per heavy atom. The van der Waals surface area contributed by atoms with Crippen molar-refractivity contribution >= 4 is 0 Å². The quantitative estimate of drug-likeness (QED) is 0.914. The SMILES string of the molecule is CCOc1cnc(CO)cc1-c1ccc(C)c(C)c1. The molecule has 2 rings (SSSR count). The van der Waals surface area contributed by atoms with Crippen LogP contribution in [0, 0.1) is 13.8 Å². The predicted molar refractivity (Wildman–Crippen MR) is 76.2 cm³/mol. The third-order valence-corrected chi connectivity index (χ3v) is 3.20. The Kier molecular flexibility index (Phi) is 4.17. The van der Waals surface area contributed by atoms with E-state index in [4.69, 9.17) is 4.74 Å². The topological polar surface area (TPSA) is 42.4 Å². The number of aliphatic hydroxyl groups is 1. The van der Waals surface area contributed by atoms with Gasteiger partial charge in [0.25, 0.3) is 0 Å². The highest BCUT2D eigenvalue weighted by molar-refractivity contribution is 5.71. The van der Waals surface area contributed by atoms with E-state index >= 15 is 0 Å². The van der Waals surface area contributed by atoms with Gasteiger partial charge in [0.1, 0.15) is 5.75 Å². The number of pyridine rings is 1. The van der Waals surface area contributed by atoms with E-state index in [1.54, 1.807) is 6.20 Å². The van der Waals surface area contributed by atoms with Gasteiger partial charge in [-0.2, -0.15) is 0 Å². The van der Waals surface area contributed by atoms with Crippen molar-refractivity contribution < 1.29 is 9.84 Å². The van der Waals surface area contributed by atoms with Crippen molar-refractivity contribution in [1.29, 1.82) is 0 Å². The van der Waals surface area contributed by atoms with Crippen LogP contribution >= 0.6 is 0 Å². The molecule has 0 aliphatic rings. The van der Waals surface area contributed by atoms with Crippen molar-refractivity contribution in [1.82, 2.24) is 4.98 Å². The summed E-state index contributed by atoms with van der Waals surface area (Å²) in [7, 11) is 0. The van der Waals surface area contributed by atoms with Crippen molar-refractivity contribution in [2.24, 2.45) is 0 Å². The van der Waals surface area contributed by atoms with Gasteiger partial charge in [-0.15, -0.1) is 0 Å². The molecule has 3 nitrogen and oxygen atoms in total. The minimum Gasteiger partial charge on any atom is -0.492 e. The van der Waals surface area contributed by atoms with E-state index in [0.717, 1.165) is 16.9 Å². The molecule has 0 saturated heterocycles. The van der Waals surface area contributed by atoms with Crippen LogP contribution in [0.3, 0.4) is 0 Å². The van der Waals surface area contributed by atoms with Crippen molar-refractivity contribution in [2.45, 2.75) is 27.4 Å². The summed E-state index contributed by atoms with van der Waals surface area (Å²) in [5, 5.41) is 9.23. The smallest absolute Gasteiger partial charge is 0.145 e. The number of hydrogen-bond donors (Lipinski definition) is 1. The van der Waals surface area contributed by atoms with Gasteiger partial charge >= 0.3 is 0 Å². The van der Waals surface area contributed by atoms with Gasteiger partial charge in [-0.3, -0.25) is 4.98 Å². The summed E-state index contributed by atoms with van der Waals surface area (Å²) < 4.78 is 5.62. The van der Waals surface area contributed by atoms with E-state index in [-0.39, 0.29) is 6.61 Å². The van der Waals surface area contributed by atoms with Gasteiger partial charge in [0.2, 0.25) is 0 Å². The minimum atomic E-state index is -0.0652. The molecule has 0 fully saturated rings. The second-order valence-electron chi connectivity index (χ2n) is 4.56. The van der Waals surface area contributed by atoms with Gasteiger partial charge < -0.3 is 9.84 Å². The molecule has 100 valence electrons. The highest BCUT2D eigenvalue weighted by Gasteiger charge is 2.09. The third kappa shape index (κ3) is 2.93. The maximum absolute atomic E-state index is 9.23. The molecule has 1 heterocycles. The summed E-state index contributed by atoms with van der Waals surface area (Å²) in [4.78, 5) is 4.17. The van der Waals surface area contributed by atoms with E-state index in [1.807, 2.05) is 13.0 Å². The molecule has 2 aromatic rings. The second kappa shape index (κ2) is 5.85. The van der Waals surface area contributed by atoms with Gasteiger partial charge in [-0.05, 0) is 43.5 Å². The van der Waals surface area contributed by atoms with Crippen LogP contribution in [0.1, 0.15) is 23.7 Å². The number of ether oxygens (including phenoxy) is 1. The van der Waals surface area contributed by atoms with Gasteiger partial charge in [-0.25, -0.2) is 0 Å². The molecular formula is C16H19NO2. The molecule has 0 saturated carbocycles. The van der Waals surface area contributed by atoms with Gasteiger partial charge in [-0.1, -0.05) is 18.2 Å².